The molecule has 2 aliphatic heterocycles. The number of carbonyl (C=O) groups is 1. The number of nitrogens with zero attached hydrogens (tertiary/aromatic N) is 2. The lowest BCUT2D eigenvalue weighted by Crippen LogP contribution is -2.41. The summed E-state index contributed by atoms with van der Waals surface area (Å²) in [5.41, 5.74) is 0.964. The number of ether oxygens (including phenoxy) is 2. The Hall–Kier alpha value is -1.48. The molecule has 5 atom stereocenters. The van der Waals surface area contributed by atoms with Gasteiger partial charge in [-0.25, -0.2) is 0 Å². The molecular weight excluding hydrogens is 348 g/mol. The second-order valence-electron chi connectivity index (χ2n) is 8.05. The Labute approximate surface area is 159 Å². The van der Waals surface area contributed by atoms with Crippen LogP contribution in [0.25, 0.3) is 0 Å². The van der Waals surface area contributed by atoms with Crippen molar-refractivity contribution in [2.45, 2.75) is 81.6 Å². The number of carbonyl (C=O) groups excluding carboxylic acids is 1. The molecule has 0 bridgehead atoms. The van der Waals surface area contributed by atoms with E-state index < -0.39 is 6.10 Å². The number of aliphatic hydroxyl groups excluding tert-OH is 1. The molecule has 2 saturated heterocycles. The summed E-state index contributed by atoms with van der Waals surface area (Å²) in [7, 11) is 1.85. The quantitative estimate of drug-likeness (QED) is 0.629. The number of nitrogens with one attached hydrogen (secondary N) is 2. The van der Waals surface area contributed by atoms with Gasteiger partial charge in [0.1, 0.15) is 12.2 Å². The molecule has 3 fully saturated rings. The predicted octanol–water partition coefficient (Wildman–Crippen LogP) is 0.244. The Morgan fingerprint density at radius 1 is 1.37 bits per heavy atom. The van der Waals surface area contributed by atoms with Crippen LogP contribution in [0, 0.1) is 0 Å². The lowest BCUT2D eigenvalue weighted by atomic mass is 10.1. The topological polar surface area (TPSA) is 97.6 Å². The number of aliphatic hydroxyl groups is 1. The second-order valence-corrected chi connectivity index (χ2v) is 8.05. The van der Waals surface area contributed by atoms with E-state index in [2.05, 4.69) is 15.7 Å². The minimum Gasteiger partial charge on any atom is -0.388 e. The highest BCUT2D eigenvalue weighted by molar-refractivity contribution is 5.76. The van der Waals surface area contributed by atoms with E-state index in [0.29, 0.717) is 25.6 Å². The van der Waals surface area contributed by atoms with Crippen LogP contribution in [0.4, 0.5) is 0 Å². The van der Waals surface area contributed by atoms with E-state index in [1.54, 1.807) is 10.9 Å². The smallest absolute Gasteiger partial charge is 0.222 e. The summed E-state index contributed by atoms with van der Waals surface area (Å²) < 4.78 is 13.7. The van der Waals surface area contributed by atoms with Gasteiger partial charge in [0.25, 0.3) is 0 Å². The molecule has 27 heavy (non-hydrogen) atoms. The van der Waals surface area contributed by atoms with Crippen molar-refractivity contribution in [3.05, 3.63) is 18.0 Å². The number of hydrogen-bond acceptors (Lipinski definition) is 6. The molecule has 3 aliphatic rings. The van der Waals surface area contributed by atoms with Crippen LogP contribution in [0.5, 0.6) is 0 Å². The zero-order chi connectivity index (χ0) is 18.8. The molecule has 3 heterocycles. The number of hydrogen-bond donors (Lipinski definition) is 3. The molecule has 1 aromatic rings. The Kier molecular flexibility index (Phi) is 5.77. The van der Waals surface area contributed by atoms with Crippen molar-refractivity contribution in [1.29, 1.82) is 0 Å². The lowest BCUT2D eigenvalue weighted by molar-refractivity contribution is -0.124. The summed E-state index contributed by atoms with van der Waals surface area (Å²) >= 11 is 0. The standard InChI is InChI=1S/C19H30N4O4/c1-23-11-12(9-22-23)8-21-17(24)7-14-6-15-19(26-14)18(25)16(27-15)10-20-13-4-2-3-5-13/h9,11,13-16,18-20,25H,2-8,10H2,1H3,(H,21,24)/t14-,15+,16+,18+,19-/m0/s1. The highest BCUT2D eigenvalue weighted by atomic mass is 16.6. The van der Waals surface area contributed by atoms with Crippen molar-refractivity contribution < 1.29 is 19.4 Å². The summed E-state index contributed by atoms with van der Waals surface area (Å²) in [4.78, 5) is 12.2. The highest BCUT2D eigenvalue weighted by Gasteiger charge is 2.50. The molecule has 3 N–H and O–H groups in total. The van der Waals surface area contributed by atoms with Crippen LogP contribution in [0.2, 0.25) is 0 Å². The fourth-order valence-corrected chi connectivity index (χ4v) is 4.46. The Morgan fingerprint density at radius 2 is 2.19 bits per heavy atom. The first kappa shape index (κ1) is 18.9. The second kappa shape index (κ2) is 8.26. The molecular formula is C19H30N4O4. The maximum Gasteiger partial charge on any atom is 0.222 e. The molecule has 150 valence electrons. The summed E-state index contributed by atoms with van der Waals surface area (Å²) in [6, 6.07) is 0.554. The fourth-order valence-electron chi connectivity index (χ4n) is 4.46. The number of amides is 1. The third-order valence-electron chi connectivity index (χ3n) is 5.90. The average Bonchev–Trinajstić information content (AvgIpc) is 3.40. The third-order valence-corrected chi connectivity index (χ3v) is 5.90. The zero-order valence-electron chi connectivity index (χ0n) is 15.8. The summed E-state index contributed by atoms with van der Waals surface area (Å²) in [6.07, 6.45) is 8.04. The number of rotatable bonds is 7. The third kappa shape index (κ3) is 4.51. The van der Waals surface area contributed by atoms with E-state index in [4.69, 9.17) is 9.47 Å². The average molecular weight is 378 g/mol. The molecule has 0 aromatic carbocycles. The SMILES string of the molecule is Cn1cc(CNC(=O)C[C@@H]2C[C@H]3O[C@H](CNC4CCCC4)[C@@H](O)[C@H]3O2)cn1. The minimum absolute atomic E-state index is 0.0576. The van der Waals surface area contributed by atoms with Crippen molar-refractivity contribution >= 4 is 5.91 Å². The van der Waals surface area contributed by atoms with Crippen molar-refractivity contribution in [1.82, 2.24) is 20.4 Å². The molecule has 0 spiro atoms. The van der Waals surface area contributed by atoms with Crippen LogP contribution in [-0.4, -0.2) is 63.9 Å². The van der Waals surface area contributed by atoms with Gasteiger partial charge in [0, 0.05) is 44.4 Å². The molecule has 1 aromatic heterocycles. The van der Waals surface area contributed by atoms with Crippen molar-refractivity contribution in [3.8, 4) is 0 Å². The van der Waals surface area contributed by atoms with Gasteiger partial charge in [-0.05, 0) is 12.8 Å². The van der Waals surface area contributed by atoms with Gasteiger partial charge in [-0.15, -0.1) is 0 Å². The van der Waals surface area contributed by atoms with Gasteiger partial charge < -0.3 is 25.2 Å². The van der Waals surface area contributed by atoms with Crippen LogP contribution in [0.15, 0.2) is 12.4 Å². The van der Waals surface area contributed by atoms with E-state index in [1.807, 2.05) is 13.2 Å². The Morgan fingerprint density at radius 3 is 2.89 bits per heavy atom. The largest absolute Gasteiger partial charge is 0.388 e. The fraction of sp³-hybridized carbons (Fsp3) is 0.789. The van der Waals surface area contributed by atoms with Gasteiger partial charge in [-0.3, -0.25) is 9.48 Å². The van der Waals surface area contributed by atoms with Crippen molar-refractivity contribution in [2.24, 2.45) is 7.05 Å². The van der Waals surface area contributed by atoms with Crippen molar-refractivity contribution in [2.75, 3.05) is 6.54 Å². The van der Waals surface area contributed by atoms with Crippen LogP contribution >= 0.6 is 0 Å². The first-order valence-corrected chi connectivity index (χ1v) is 10.0. The van der Waals surface area contributed by atoms with E-state index in [-0.39, 0.29) is 36.7 Å². The van der Waals surface area contributed by atoms with Gasteiger partial charge in [0.2, 0.25) is 5.91 Å². The van der Waals surface area contributed by atoms with E-state index in [0.717, 1.165) is 5.56 Å². The number of fused-ring (bicyclic) bond motifs is 1. The highest BCUT2D eigenvalue weighted by Crippen LogP contribution is 2.35. The molecule has 1 saturated carbocycles. The van der Waals surface area contributed by atoms with Gasteiger partial charge in [-0.2, -0.15) is 5.10 Å². The van der Waals surface area contributed by atoms with Crippen LogP contribution < -0.4 is 10.6 Å². The summed E-state index contributed by atoms with van der Waals surface area (Å²) in [5, 5.41) is 21.0. The monoisotopic (exact) mass is 378 g/mol. The molecule has 8 heteroatoms. The van der Waals surface area contributed by atoms with Crippen molar-refractivity contribution in [3.63, 3.8) is 0 Å². The van der Waals surface area contributed by atoms with Gasteiger partial charge in [0.15, 0.2) is 0 Å². The maximum absolute atomic E-state index is 12.2. The molecule has 8 nitrogen and oxygen atoms in total. The Balaban J connectivity index is 1.18. The summed E-state index contributed by atoms with van der Waals surface area (Å²) in [6.45, 7) is 1.12. The predicted molar refractivity (Wildman–Crippen MR) is 97.9 cm³/mol. The van der Waals surface area contributed by atoms with E-state index in [9.17, 15) is 9.90 Å². The van der Waals surface area contributed by atoms with Crippen LogP contribution in [0.3, 0.4) is 0 Å². The lowest BCUT2D eigenvalue weighted by Gasteiger charge is -2.21. The van der Waals surface area contributed by atoms with Crippen LogP contribution in [0.1, 0.15) is 44.1 Å². The molecule has 1 aliphatic carbocycles. The number of aryl methyl sites for hydroxylation is 1. The van der Waals surface area contributed by atoms with E-state index in [1.165, 1.54) is 25.7 Å². The number of aromatic nitrogens is 2. The first-order chi connectivity index (χ1) is 13.1. The molecule has 0 radical (unpaired) electrons. The van der Waals surface area contributed by atoms with Gasteiger partial charge >= 0.3 is 0 Å². The molecule has 4 rings (SSSR count). The first-order valence-electron chi connectivity index (χ1n) is 10.0. The van der Waals surface area contributed by atoms with E-state index >= 15 is 0 Å². The minimum atomic E-state index is -0.632. The van der Waals surface area contributed by atoms with Gasteiger partial charge in [0.05, 0.1) is 30.9 Å². The normalized spacial score (nSPS) is 33.5. The maximum atomic E-state index is 12.2. The van der Waals surface area contributed by atoms with Gasteiger partial charge in [-0.1, -0.05) is 12.8 Å². The summed E-state index contributed by atoms with van der Waals surface area (Å²) in [5.74, 6) is -0.0576. The zero-order valence-corrected chi connectivity index (χ0v) is 15.8. The molecule has 1 amide bonds. The van der Waals surface area contributed by atoms with Crippen LogP contribution in [-0.2, 0) is 27.9 Å². The molecule has 0 unspecified atom stereocenters. The Bertz CT molecular complexity index is 645.